The Morgan fingerprint density at radius 1 is 1.50 bits per heavy atom. The molecule has 1 aliphatic rings. The van der Waals surface area contributed by atoms with Gasteiger partial charge in [-0.25, -0.2) is 4.79 Å². The van der Waals surface area contributed by atoms with Gasteiger partial charge in [-0.15, -0.1) is 0 Å². The number of hydrogen-bond acceptors (Lipinski definition) is 4. The van der Waals surface area contributed by atoms with Crippen LogP contribution in [0.15, 0.2) is 24.3 Å². The quantitative estimate of drug-likeness (QED) is 0.813. The van der Waals surface area contributed by atoms with Gasteiger partial charge in [0.15, 0.2) is 0 Å². The van der Waals surface area contributed by atoms with Crippen molar-refractivity contribution < 1.29 is 19.4 Å². The van der Waals surface area contributed by atoms with E-state index in [-0.39, 0.29) is 5.91 Å². The highest BCUT2D eigenvalue weighted by Gasteiger charge is 2.39. The topological polar surface area (TPSA) is 92.9 Å². The van der Waals surface area contributed by atoms with Crippen molar-refractivity contribution in [1.29, 1.82) is 0 Å². The highest BCUT2D eigenvalue weighted by Crippen LogP contribution is 2.32. The van der Waals surface area contributed by atoms with Crippen molar-refractivity contribution in [3.8, 4) is 0 Å². The summed E-state index contributed by atoms with van der Waals surface area (Å²) in [5.74, 6) is -1.40. The van der Waals surface area contributed by atoms with Gasteiger partial charge in [0.05, 0.1) is 6.04 Å². The average Bonchev–Trinajstić information content (AvgIpc) is 2.83. The lowest BCUT2D eigenvalue weighted by Gasteiger charge is -2.25. The van der Waals surface area contributed by atoms with Gasteiger partial charge in [0, 0.05) is 25.8 Å². The largest absolute Gasteiger partial charge is 0.480 e. The van der Waals surface area contributed by atoms with E-state index >= 15 is 0 Å². The van der Waals surface area contributed by atoms with Crippen LogP contribution in [0.4, 0.5) is 5.69 Å². The van der Waals surface area contributed by atoms with Crippen molar-refractivity contribution in [2.75, 3.05) is 18.6 Å². The van der Waals surface area contributed by atoms with Gasteiger partial charge in [-0.05, 0) is 18.1 Å². The van der Waals surface area contributed by atoms with Crippen molar-refractivity contribution in [2.24, 2.45) is 5.73 Å². The smallest absolute Gasteiger partial charge is 0.327 e. The number of benzene rings is 1. The molecular weight excluding hydrogens is 260 g/mol. The molecule has 108 valence electrons. The standard InChI is InChI=1S/C14H18N2O4/c1-20-7-6-10(15)13(17)16-11-5-3-2-4-9(11)8-12(16)14(18)19/h2-5,10,12H,6-8,15H2,1H3,(H,18,19). The molecular formula is C14H18N2O4. The van der Waals surface area contributed by atoms with Gasteiger partial charge in [0.25, 0.3) is 0 Å². The molecule has 6 nitrogen and oxygen atoms in total. The number of para-hydroxylation sites is 1. The van der Waals surface area contributed by atoms with Gasteiger partial charge < -0.3 is 15.6 Å². The summed E-state index contributed by atoms with van der Waals surface area (Å²) in [5.41, 5.74) is 7.33. The third-order valence-corrected chi connectivity index (χ3v) is 3.45. The van der Waals surface area contributed by atoms with E-state index in [1.165, 1.54) is 12.0 Å². The van der Waals surface area contributed by atoms with Crippen molar-refractivity contribution in [3.63, 3.8) is 0 Å². The Labute approximate surface area is 117 Å². The summed E-state index contributed by atoms with van der Waals surface area (Å²) >= 11 is 0. The SMILES string of the molecule is COCCC(N)C(=O)N1c2ccccc2CC1C(=O)O. The van der Waals surface area contributed by atoms with Crippen molar-refractivity contribution in [2.45, 2.75) is 24.9 Å². The number of carboxylic acids is 1. The fourth-order valence-corrected chi connectivity index (χ4v) is 2.40. The molecule has 1 heterocycles. The number of carboxylic acid groups (broad SMARTS) is 1. The summed E-state index contributed by atoms with van der Waals surface area (Å²) in [7, 11) is 1.53. The fraction of sp³-hybridized carbons (Fsp3) is 0.429. The summed E-state index contributed by atoms with van der Waals surface area (Å²) in [4.78, 5) is 25.1. The van der Waals surface area contributed by atoms with Crippen LogP contribution in [0.5, 0.6) is 0 Å². The maximum Gasteiger partial charge on any atom is 0.327 e. The number of aliphatic carboxylic acids is 1. The maximum absolute atomic E-state index is 12.4. The number of fused-ring (bicyclic) bond motifs is 1. The van der Waals surface area contributed by atoms with Crippen LogP contribution in [0, 0.1) is 0 Å². The number of ether oxygens (including phenoxy) is 1. The number of carbonyl (C=O) groups is 2. The Morgan fingerprint density at radius 3 is 2.85 bits per heavy atom. The van der Waals surface area contributed by atoms with Gasteiger partial charge in [0.2, 0.25) is 5.91 Å². The van der Waals surface area contributed by atoms with Crippen molar-refractivity contribution >= 4 is 17.6 Å². The molecule has 0 bridgehead atoms. The first-order valence-corrected chi connectivity index (χ1v) is 6.44. The van der Waals surface area contributed by atoms with E-state index < -0.39 is 18.1 Å². The number of hydrogen-bond donors (Lipinski definition) is 2. The van der Waals surface area contributed by atoms with E-state index in [0.717, 1.165) is 5.56 Å². The minimum atomic E-state index is -1.02. The van der Waals surface area contributed by atoms with Crippen LogP contribution in [-0.4, -0.2) is 42.8 Å². The van der Waals surface area contributed by atoms with Crippen LogP contribution >= 0.6 is 0 Å². The second-order valence-electron chi connectivity index (χ2n) is 4.78. The van der Waals surface area contributed by atoms with E-state index in [1.807, 2.05) is 12.1 Å². The Morgan fingerprint density at radius 2 is 2.20 bits per heavy atom. The molecule has 0 saturated heterocycles. The predicted molar refractivity (Wildman–Crippen MR) is 73.5 cm³/mol. The fourth-order valence-electron chi connectivity index (χ4n) is 2.40. The average molecular weight is 278 g/mol. The first-order chi connectivity index (χ1) is 9.56. The van der Waals surface area contributed by atoms with Gasteiger partial charge in [0.1, 0.15) is 6.04 Å². The van der Waals surface area contributed by atoms with Gasteiger partial charge in [-0.3, -0.25) is 9.69 Å². The van der Waals surface area contributed by atoms with Crippen LogP contribution in [0.3, 0.4) is 0 Å². The second-order valence-corrected chi connectivity index (χ2v) is 4.78. The molecule has 2 unspecified atom stereocenters. The highest BCUT2D eigenvalue weighted by atomic mass is 16.5. The Bertz CT molecular complexity index is 518. The summed E-state index contributed by atoms with van der Waals surface area (Å²) < 4.78 is 4.90. The molecule has 2 rings (SSSR count). The van der Waals surface area contributed by atoms with E-state index in [4.69, 9.17) is 10.5 Å². The molecule has 6 heteroatoms. The van der Waals surface area contributed by atoms with Gasteiger partial charge in [-0.2, -0.15) is 0 Å². The molecule has 1 aliphatic heterocycles. The number of carbonyl (C=O) groups excluding carboxylic acids is 1. The van der Waals surface area contributed by atoms with E-state index in [2.05, 4.69) is 0 Å². The van der Waals surface area contributed by atoms with Crippen LogP contribution in [-0.2, 0) is 20.7 Å². The van der Waals surface area contributed by atoms with Crippen LogP contribution < -0.4 is 10.6 Å². The Kier molecular flexibility index (Phi) is 4.36. The molecule has 0 fully saturated rings. The monoisotopic (exact) mass is 278 g/mol. The Hall–Kier alpha value is -1.92. The minimum absolute atomic E-state index is 0.314. The molecule has 1 aromatic rings. The highest BCUT2D eigenvalue weighted by molar-refractivity contribution is 6.04. The molecule has 20 heavy (non-hydrogen) atoms. The van der Waals surface area contributed by atoms with E-state index in [1.54, 1.807) is 12.1 Å². The summed E-state index contributed by atoms with van der Waals surface area (Å²) in [6, 6.07) is 5.55. The van der Waals surface area contributed by atoms with E-state index in [9.17, 15) is 14.7 Å². The molecule has 0 aliphatic carbocycles. The van der Waals surface area contributed by atoms with Gasteiger partial charge in [-0.1, -0.05) is 18.2 Å². The minimum Gasteiger partial charge on any atom is -0.480 e. The number of nitrogens with zero attached hydrogens (tertiary/aromatic N) is 1. The summed E-state index contributed by atoms with van der Waals surface area (Å²) in [6.45, 7) is 0.361. The first kappa shape index (κ1) is 14.5. The van der Waals surface area contributed by atoms with Crippen LogP contribution in [0.1, 0.15) is 12.0 Å². The number of methoxy groups -OCH3 is 1. The van der Waals surface area contributed by atoms with Gasteiger partial charge >= 0.3 is 5.97 Å². The molecule has 0 aromatic heterocycles. The Balaban J connectivity index is 2.26. The lowest BCUT2D eigenvalue weighted by atomic mass is 10.1. The van der Waals surface area contributed by atoms with Crippen LogP contribution in [0.25, 0.3) is 0 Å². The summed E-state index contributed by atoms with van der Waals surface area (Å²) in [6.07, 6.45) is 0.675. The number of rotatable bonds is 5. The van der Waals surface area contributed by atoms with Crippen molar-refractivity contribution in [1.82, 2.24) is 0 Å². The molecule has 3 N–H and O–H groups in total. The number of anilines is 1. The number of nitrogens with two attached hydrogens (primary N) is 1. The molecule has 0 radical (unpaired) electrons. The summed E-state index contributed by atoms with van der Waals surface area (Å²) in [5, 5.41) is 9.30. The third-order valence-electron chi connectivity index (χ3n) is 3.45. The lowest BCUT2D eigenvalue weighted by Crippen LogP contribution is -2.50. The molecule has 0 saturated carbocycles. The zero-order valence-corrected chi connectivity index (χ0v) is 11.3. The normalized spacial score (nSPS) is 18.7. The lowest BCUT2D eigenvalue weighted by molar-refractivity contribution is -0.140. The first-order valence-electron chi connectivity index (χ1n) is 6.44. The molecule has 1 aromatic carbocycles. The molecule has 0 spiro atoms. The number of amides is 1. The van der Waals surface area contributed by atoms with Crippen LogP contribution in [0.2, 0.25) is 0 Å². The molecule has 2 atom stereocenters. The molecule has 1 amide bonds. The maximum atomic E-state index is 12.4. The third kappa shape index (κ3) is 2.66. The zero-order valence-electron chi connectivity index (χ0n) is 11.3. The second kappa shape index (κ2) is 6.02. The zero-order chi connectivity index (χ0) is 14.7. The van der Waals surface area contributed by atoms with E-state index in [0.29, 0.717) is 25.1 Å². The predicted octanol–water partition coefficient (Wildman–Crippen LogP) is 0.393. The van der Waals surface area contributed by atoms with Crippen molar-refractivity contribution in [3.05, 3.63) is 29.8 Å².